The highest BCUT2D eigenvalue weighted by Crippen LogP contribution is 2.18. The van der Waals surface area contributed by atoms with Gasteiger partial charge in [-0.3, -0.25) is 9.79 Å². The number of carbonyl (C=O) groups is 2. The van der Waals surface area contributed by atoms with Crippen LogP contribution in [0.2, 0.25) is 5.02 Å². The fourth-order valence-electron chi connectivity index (χ4n) is 3.18. The van der Waals surface area contributed by atoms with Gasteiger partial charge in [0.25, 0.3) is 5.91 Å². The van der Waals surface area contributed by atoms with Crippen molar-refractivity contribution in [3.8, 4) is 0 Å². The van der Waals surface area contributed by atoms with Gasteiger partial charge < -0.3 is 21.1 Å². The highest BCUT2D eigenvalue weighted by atomic mass is 35.5. The molecule has 8 heteroatoms. The van der Waals surface area contributed by atoms with Crippen molar-refractivity contribution in [1.29, 1.82) is 0 Å². The molecule has 0 unspecified atom stereocenters. The number of carboxylic acids is 1. The Labute approximate surface area is 179 Å². The molecule has 0 spiro atoms. The SMILES string of the molecule is CC(N)=C(C(=O)NCc1ccc(C(=O)O)cc1)C1=NCCN1Cc1ccc(Cl)cc1. The smallest absolute Gasteiger partial charge is 0.335 e. The lowest BCUT2D eigenvalue weighted by Gasteiger charge is -2.23. The number of nitrogens with zero attached hydrogens (tertiary/aromatic N) is 2. The van der Waals surface area contributed by atoms with E-state index in [1.54, 1.807) is 19.1 Å². The fourth-order valence-corrected chi connectivity index (χ4v) is 3.30. The molecule has 2 aromatic carbocycles. The lowest BCUT2D eigenvalue weighted by molar-refractivity contribution is -0.117. The number of amides is 1. The average molecular weight is 427 g/mol. The molecule has 1 aliphatic heterocycles. The van der Waals surface area contributed by atoms with Gasteiger partial charge in [0.15, 0.2) is 0 Å². The van der Waals surface area contributed by atoms with Crippen LogP contribution in [0.25, 0.3) is 0 Å². The van der Waals surface area contributed by atoms with Crippen molar-refractivity contribution >= 4 is 29.3 Å². The highest BCUT2D eigenvalue weighted by Gasteiger charge is 2.26. The third kappa shape index (κ3) is 5.18. The highest BCUT2D eigenvalue weighted by molar-refractivity contribution is 6.30. The number of carboxylic acid groups (broad SMARTS) is 1. The first-order chi connectivity index (χ1) is 14.3. The zero-order valence-electron chi connectivity index (χ0n) is 16.6. The molecule has 4 N–H and O–H groups in total. The Kier molecular flexibility index (Phi) is 6.74. The van der Waals surface area contributed by atoms with Gasteiger partial charge in [0.1, 0.15) is 5.84 Å². The van der Waals surface area contributed by atoms with E-state index in [4.69, 9.17) is 22.4 Å². The summed E-state index contributed by atoms with van der Waals surface area (Å²) in [5.41, 5.74) is 8.82. The molecule has 0 bridgehead atoms. The molecule has 156 valence electrons. The standard InChI is InChI=1S/C22H23ClN4O3/c1-14(24)19(21(28)26-12-15-2-6-17(7-3-15)22(29)30)20-25-10-11-27(20)13-16-4-8-18(23)9-5-16/h2-9H,10-13,24H2,1H3,(H,26,28)(H,29,30). The van der Waals surface area contributed by atoms with E-state index in [2.05, 4.69) is 10.3 Å². The molecule has 0 saturated carbocycles. The molecule has 0 atom stereocenters. The van der Waals surface area contributed by atoms with E-state index in [1.165, 1.54) is 12.1 Å². The van der Waals surface area contributed by atoms with Crippen LogP contribution in [-0.2, 0) is 17.9 Å². The molecule has 1 heterocycles. The Bertz CT molecular complexity index is 994. The second-order valence-electron chi connectivity index (χ2n) is 7.00. The predicted molar refractivity (Wildman–Crippen MR) is 116 cm³/mol. The van der Waals surface area contributed by atoms with E-state index in [9.17, 15) is 9.59 Å². The molecule has 0 fully saturated rings. The molecule has 1 amide bonds. The van der Waals surface area contributed by atoms with Gasteiger partial charge in [-0.25, -0.2) is 4.79 Å². The second-order valence-corrected chi connectivity index (χ2v) is 7.43. The Balaban J connectivity index is 1.69. The van der Waals surface area contributed by atoms with Gasteiger partial charge in [0, 0.05) is 30.4 Å². The van der Waals surface area contributed by atoms with Crippen LogP contribution in [0.3, 0.4) is 0 Å². The zero-order valence-corrected chi connectivity index (χ0v) is 17.3. The summed E-state index contributed by atoms with van der Waals surface area (Å²) in [4.78, 5) is 30.4. The number of hydrogen-bond donors (Lipinski definition) is 3. The maximum Gasteiger partial charge on any atom is 0.335 e. The van der Waals surface area contributed by atoms with Gasteiger partial charge in [-0.2, -0.15) is 0 Å². The van der Waals surface area contributed by atoms with Gasteiger partial charge in [-0.1, -0.05) is 35.9 Å². The average Bonchev–Trinajstić information content (AvgIpc) is 3.16. The number of rotatable bonds is 7. The van der Waals surface area contributed by atoms with Gasteiger partial charge >= 0.3 is 5.97 Å². The minimum absolute atomic E-state index is 0.196. The Morgan fingerprint density at radius 1 is 1.13 bits per heavy atom. The van der Waals surface area contributed by atoms with E-state index in [1.807, 2.05) is 29.2 Å². The number of aromatic carboxylic acids is 1. The number of halogens is 1. The Morgan fingerprint density at radius 2 is 1.77 bits per heavy atom. The number of allylic oxidation sites excluding steroid dienone is 1. The number of aliphatic imine (C=N–C) groups is 1. The molecule has 0 aromatic heterocycles. The fraction of sp³-hybridized carbons (Fsp3) is 0.227. The van der Waals surface area contributed by atoms with E-state index in [-0.39, 0.29) is 18.0 Å². The van der Waals surface area contributed by atoms with E-state index in [0.717, 1.165) is 11.1 Å². The van der Waals surface area contributed by atoms with Crippen molar-refractivity contribution in [1.82, 2.24) is 10.2 Å². The van der Waals surface area contributed by atoms with Crippen molar-refractivity contribution in [3.63, 3.8) is 0 Å². The minimum Gasteiger partial charge on any atom is -0.478 e. The maximum atomic E-state index is 12.9. The zero-order chi connectivity index (χ0) is 21.7. The third-order valence-corrected chi connectivity index (χ3v) is 4.97. The third-order valence-electron chi connectivity index (χ3n) is 4.72. The number of hydrogen-bond acceptors (Lipinski definition) is 5. The van der Waals surface area contributed by atoms with Crippen LogP contribution in [-0.4, -0.2) is 40.8 Å². The first kappa shape index (κ1) is 21.4. The van der Waals surface area contributed by atoms with Crippen LogP contribution in [0.15, 0.2) is 64.8 Å². The summed E-state index contributed by atoms with van der Waals surface area (Å²) in [5.74, 6) is -0.739. The van der Waals surface area contributed by atoms with Crippen molar-refractivity contribution in [2.45, 2.75) is 20.0 Å². The summed E-state index contributed by atoms with van der Waals surface area (Å²) in [6.45, 7) is 3.80. The van der Waals surface area contributed by atoms with Crippen LogP contribution < -0.4 is 11.1 Å². The van der Waals surface area contributed by atoms with Crippen LogP contribution in [0.5, 0.6) is 0 Å². The minimum atomic E-state index is -0.991. The van der Waals surface area contributed by atoms with Crippen LogP contribution in [0.1, 0.15) is 28.4 Å². The van der Waals surface area contributed by atoms with Gasteiger partial charge in [-0.15, -0.1) is 0 Å². The van der Waals surface area contributed by atoms with Gasteiger partial charge in [0.2, 0.25) is 0 Å². The topological polar surface area (TPSA) is 108 Å². The van der Waals surface area contributed by atoms with Crippen LogP contribution >= 0.6 is 11.6 Å². The quantitative estimate of drug-likeness (QED) is 0.590. The summed E-state index contributed by atoms with van der Waals surface area (Å²) < 4.78 is 0. The molecule has 0 radical (unpaired) electrons. The molecule has 0 aliphatic carbocycles. The van der Waals surface area contributed by atoms with Crippen molar-refractivity contribution in [2.75, 3.05) is 13.1 Å². The van der Waals surface area contributed by atoms with Gasteiger partial charge in [0.05, 0.1) is 17.7 Å². The number of nitrogens with two attached hydrogens (primary N) is 1. The number of benzene rings is 2. The lowest BCUT2D eigenvalue weighted by atomic mass is 10.1. The first-order valence-corrected chi connectivity index (χ1v) is 9.84. The Morgan fingerprint density at radius 3 is 2.37 bits per heavy atom. The normalized spacial score (nSPS) is 14.2. The molecular formula is C22H23ClN4O3. The predicted octanol–water partition coefficient (Wildman–Crippen LogP) is 2.80. The molecule has 3 rings (SSSR count). The van der Waals surface area contributed by atoms with E-state index < -0.39 is 5.97 Å². The molecule has 0 saturated heterocycles. The Hall–Kier alpha value is -3.32. The maximum absolute atomic E-state index is 12.9. The summed E-state index contributed by atoms with van der Waals surface area (Å²) in [6, 6.07) is 13.9. The molecule has 30 heavy (non-hydrogen) atoms. The van der Waals surface area contributed by atoms with Crippen LogP contribution in [0, 0.1) is 0 Å². The molecular weight excluding hydrogens is 404 g/mol. The largest absolute Gasteiger partial charge is 0.478 e. The van der Waals surface area contributed by atoms with Crippen molar-refractivity contribution < 1.29 is 14.7 Å². The van der Waals surface area contributed by atoms with Crippen molar-refractivity contribution in [3.05, 3.63) is 81.5 Å². The summed E-state index contributed by atoms with van der Waals surface area (Å²) in [6.07, 6.45) is 0. The van der Waals surface area contributed by atoms with Crippen LogP contribution in [0.4, 0.5) is 0 Å². The lowest BCUT2D eigenvalue weighted by Crippen LogP contribution is -2.37. The van der Waals surface area contributed by atoms with E-state index in [0.29, 0.717) is 41.8 Å². The summed E-state index contributed by atoms with van der Waals surface area (Å²) in [5, 5.41) is 12.5. The number of amidine groups is 1. The number of nitrogens with one attached hydrogen (secondary N) is 1. The second kappa shape index (κ2) is 9.45. The van der Waals surface area contributed by atoms with E-state index >= 15 is 0 Å². The summed E-state index contributed by atoms with van der Waals surface area (Å²) in [7, 11) is 0. The number of carbonyl (C=O) groups excluding carboxylic acids is 1. The van der Waals surface area contributed by atoms with Gasteiger partial charge in [-0.05, 0) is 42.3 Å². The van der Waals surface area contributed by atoms with Crippen molar-refractivity contribution in [2.24, 2.45) is 10.7 Å². The molecule has 7 nitrogen and oxygen atoms in total. The summed E-state index contributed by atoms with van der Waals surface area (Å²) >= 11 is 5.96. The first-order valence-electron chi connectivity index (χ1n) is 9.46. The molecule has 1 aliphatic rings. The molecule has 2 aromatic rings. The monoisotopic (exact) mass is 426 g/mol.